The van der Waals surface area contributed by atoms with Crippen LogP contribution >= 0.6 is 11.3 Å². The summed E-state index contributed by atoms with van der Waals surface area (Å²) < 4.78 is 2.65. The van der Waals surface area contributed by atoms with Crippen molar-refractivity contribution in [1.82, 2.24) is 0 Å². The molecule has 262 valence electrons. The molecule has 10 aromatic carbocycles. The van der Waals surface area contributed by atoms with Gasteiger partial charge in [0.15, 0.2) is 0 Å². The zero-order valence-electron chi connectivity index (χ0n) is 30.6. The van der Waals surface area contributed by atoms with Crippen LogP contribution < -0.4 is 4.90 Å². The maximum absolute atomic E-state index is 2.38. The lowest BCUT2D eigenvalue weighted by Gasteiger charge is -2.26. The van der Waals surface area contributed by atoms with Crippen LogP contribution in [-0.4, -0.2) is 0 Å². The van der Waals surface area contributed by atoms with Crippen LogP contribution in [0.1, 0.15) is 0 Å². The van der Waals surface area contributed by atoms with E-state index in [4.69, 9.17) is 0 Å². The second kappa shape index (κ2) is 13.4. The molecule has 0 atom stereocenters. The van der Waals surface area contributed by atoms with E-state index in [0.717, 1.165) is 17.1 Å². The summed E-state index contributed by atoms with van der Waals surface area (Å²) in [5, 5.41) is 10.2. The smallest absolute Gasteiger partial charge is 0.0467 e. The largest absolute Gasteiger partial charge is 0.310 e. The van der Waals surface area contributed by atoms with Crippen LogP contribution in [0.4, 0.5) is 17.1 Å². The van der Waals surface area contributed by atoms with Gasteiger partial charge in [-0.15, -0.1) is 11.3 Å². The summed E-state index contributed by atoms with van der Waals surface area (Å²) in [7, 11) is 0. The maximum atomic E-state index is 2.38. The number of hydrogen-bond acceptors (Lipinski definition) is 2. The monoisotopic (exact) mass is 729 g/mol. The summed E-state index contributed by atoms with van der Waals surface area (Å²) in [6.07, 6.45) is 0. The Morgan fingerprint density at radius 1 is 0.268 bits per heavy atom. The molecule has 0 spiro atoms. The highest BCUT2D eigenvalue weighted by Gasteiger charge is 2.16. The molecule has 0 fully saturated rings. The first-order chi connectivity index (χ1) is 27.7. The minimum absolute atomic E-state index is 1.10. The van der Waals surface area contributed by atoms with Gasteiger partial charge in [0.1, 0.15) is 0 Å². The molecule has 56 heavy (non-hydrogen) atoms. The third-order valence-electron chi connectivity index (χ3n) is 11.2. The Balaban J connectivity index is 1.02. The van der Waals surface area contributed by atoms with Gasteiger partial charge in [-0.05, 0) is 120 Å². The van der Waals surface area contributed by atoms with E-state index in [-0.39, 0.29) is 0 Å². The second-order valence-corrected chi connectivity index (χ2v) is 15.6. The lowest BCUT2D eigenvalue weighted by molar-refractivity contribution is 1.28. The molecule has 1 heterocycles. The number of fused-ring (bicyclic) bond motifs is 7. The van der Waals surface area contributed by atoms with Crippen molar-refractivity contribution in [3.8, 4) is 33.4 Å². The van der Waals surface area contributed by atoms with Crippen molar-refractivity contribution < 1.29 is 0 Å². The number of hydrogen-bond donors (Lipinski definition) is 0. The van der Waals surface area contributed by atoms with Gasteiger partial charge in [-0.25, -0.2) is 0 Å². The minimum atomic E-state index is 1.10. The first-order valence-corrected chi connectivity index (χ1v) is 20.0. The Kier molecular flexibility index (Phi) is 7.75. The SMILES string of the molecule is c1cc(-c2cccc3ccccc23)cc(N(c2ccc(-c3ccc4c(c3)sc3ccccc34)cc2)c2ccc(-c3cc4ccccc4c4ccccc34)cc2)c1. The van der Waals surface area contributed by atoms with E-state index in [1.165, 1.54) is 85.9 Å². The van der Waals surface area contributed by atoms with E-state index in [1.807, 2.05) is 11.3 Å². The van der Waals surface area contributed by atoms with E-state index >= 15 is 0 Å². The molecule has 0 saturated heterocycles. The molecule has 0 unspecified atom stereocenters. The molecule has 2 heteroatoms. The molecule has 1 aromatic heterocycles. The molecule has 0 aliphatic rings. The maximum Gasteiger partial charge on any atom is 0.0467 e. The first kappa shape index (κ1) is 32.4. The highest BCUT2D eigenvalue weighted by atomic mass is 32.1. The molecule has 11 rings (SSSR count). The molecular formula is C54H35NS. The van der Waals surface area contributed by atoms with E-state index in [1.54, 1.807) is 0 Å². The van der Waals surface area contributed by atoms with Crippen molar-refractivity contribution in [3.05, 3.63) is 212 Å². The van der Waals surface area contributed by atoms with E-state index in [2.05, 4.69) is 217 Å². The van der Waals surface area contributed by atoms with Crippen LogP contribution in [0.2, 0.25) is 0 Å². The van der Waals surface area contributed by atoms with Gasteiger partial charge in [0, 0.05) is 37.2 Å². The fourth-order valence-corrected chi connectivity index (χ4v) is 9.67. The van der Waals surface area contributed by atoms with Crippen LogP contribution in [0, 0.1) is 0 Å². The van der Waals surface area contributed by atoms with Crippen LogP contribution in [0.25, 0.3) is 85.9 Å². The number of anilines is 3. The lowest BCUT2D eigenvalue weighted by Crippen LogP contribution is -2.10. The van der Waals surface area contributed by atoms with Crippen molar-refractivity contribution in [3.63, 3.8) is 0 Å². The average Bonchev–Trinajstić information content (AvgIpc) is 3.65. The number of benzene rings is 10. The van der Waals surface area contributed by atoms with Gasteiger partial charge in [0.2, 0.25) is 0 Å². The molecule has 0 saturated carbocycles. The van der Waals surface area contributed by atoms with Crippen molar-refractivity contribution >= 4 is 80.9 Å². The van der Waals surface area contributed by atoms with E-state index < -0.39 is 0 Å². The summed E-state index contributed by atoms with van der Waals surface area (Å²) in [6, 6.07) is 77.7. The zero-order valence-corrected chi connectivity index (χ0v) is 31.4. The fraction of sp³-hybridized carbons (Fsp3) is 0. The molecule has 0 amide bonds. The summed E-state index contributed by atoms with van der Waals surface area (Å²) in [4.78, 5) is 2.38. The topological polar surface area (TPSA) is 3.24 Å². The predicted octanol–water partition coefficient (Wildman–Crippen LogP) is 16.0. The fourth-order valence-electron chi connectivity index (χ4n) is 8.53. The normalized spacial score (nSPS) is 11.6. The quantitative estimate of drug-likeness (QED) is 0.154. The summed E-state index contributed by atoms with van der Waals surface area (Å²) in [6.45, 7) is 0. The van der Waals surface area contributed by atoms with Crippen LogP contribution in [0.5, 0.6) is 0 Å². The Labute approximate surface area is 330 Å². The van der Waals surface area contributed by atoms with Gasteiger partial charge in [-0.1, -0.05) is 158 Å². The van der Waals surface area contributed by atoms with Gasteiger partial charge >= 0.3 is 0 Å². The Morgan fingerprint density at radius 3 is 1.66 bits per heavy atom. The molecule has 0 aliphatic carbocycles. The van der Waals surface area contributed by atoms with Crippen molar-refractivity contribution in [1.29, 1.82) is 0 Å². The molecular weight excluding hydrogens is 695 g/mol. The van der Waals surface area contributed by atoms with Crippen molar-refractivity contribution in [2.24, 2.45) is 0 Å². The van der Waals surface area contributed by atoms with E-state index in [0.29, 0.717) is 0 Å². The van der Waals surface area contributed by atoms with Crippen LogP contribution in [0.15, 0.2) is 212 Å². The third kappa shape index (κ3) is 5.54. The van der Waals surface area contributed by atoms with Gasteiger partial charge < -0.3 is 4.90 Å². The predicted molar refractivity (Wildman–Crippen MR) is 243 cm³/mol. The number of nitrogens with zero attached hydrogens (tertiary/aromatic N) is 1. The van der Waals surface area contributed by atoms with Gasteiger partial charge in [0.05, 0.1) is 0 Å². The zero-order chi connectivity index (χ0) is 37.0. The van der Waals surface area contributed by atoms with Gasteiger partial charge in [-0.3, -0.25) is 0 Å². The van der Waals surface area contributed by atoms with Crippen molar-refractivity contribution in [2.75, 3.05) is 4.90 Å². The molecule has 0 N–H and O–H groups in total. The molecule has 0 bridgehead atoms. The van der Waals surface area contributed by atoms with E-state index in [9.17, 15) is 0 Å². The lowest BCUT2D eigenvalue weighted by atomic mass is 9.93. The highest BCUT2D eigenvalue weighted by Crippen LogP contribution is 2.42. The van der Waals surface area contributed by atoms with Crippen LogP contribution in [0.3, 0.4) is 0 Å². The summed E-state index contributed by atoms with van der Waals surface area (Å²) in [5.41, 5.74) is 10.6. The molecule has 0 radical (unpaired) electrons. The minimum Gasteiger partial charge on any atom is -0.310 e. The number of thiophene rings is 1. The Morgan fingerprint density at radius 2 is 0.857 bits per heavy atom. The molecule has 11 aromatic rings. The third-order valence-corrected chi connectivity index (χ3v) is 12.4. The highest BCUT2D eigenvalue weighted by molar-refractivity contribution is 7.25. The van der Waals surface area contributed by atoms with Gasteiger partial charge in [0.25, 0.3) is 0 Å². The van der Waals surface area contributed by atoms with Gasteiger partial charge in [-0.2, -0.15) is 0 Å². The number of rotatable bonds is 6. The molecule has 0 aliphatic heterocycles. The first-order valence-electron chi connectivity index (χ1n) is 19.2. The Bertz CT molecular complexity index is 3240. The average molecular weight is 730 g/mol. The second-order valence-electron chi connectivity index (χ2n) is 14.5. The standard InChI is InChI=1S/C54H35NS/c1-3-16-45-37(11-1)13-10-21-46(45)40-14-9-15-44(33-40)55(42-28-23-36(24-29-42)39-27-32-51-50-20-7-8-22-53(50)56-54(51)35-39)43-30-25-38(26-31-43)52-34-41-12-2-4-17-47(41)48-18-5-6-19-49(48)52/h1-35H. The summed E-state index contributed by atoms with van der Waals surface area (Å²) >= 11 is 1.87. The van der Waals surface area contributed by atoms with Crippen LogP contribution in [-0.2, 0) is 0 Å². The Hall–Kier alpha value is -7.00. The molecule has 1 nitrogen and oxygen atoms in total. The van der Waals surface area contributed by atoms with Crippen molar-refractivity contribution in [2.45, 2.75) is 0 Å². The summed E-state index contributed by atoms with van der Waals surface area (Å²) in [5.74, 6) is 0.